The fourth-order valence-electron chi connectivity index (χ4n) is 4.27. The molecule has 0 fully saturated rings. The molecule has 0 aromatic heterocycles. The summed E-state index contributed by atoms with van der Waals surface area (Å²) in [5.41, 5.74) is 4.99. The molecule has 1 aromatic rings. The first kappa shape index (κ1) is 22.4. The summed E-state index contributed by atoms with van der Waals surface area (Å²) in [6.07, 6.45) is 9.39. The van der Waals surface area contributed by atoms with E-state index in [1.165, 1.54) is 16.7 Å². The molecule has 5 nitrogen and oxygen atoms in total. The van der Waals surface area contributed by atoms with Crippen molar-refractivity contribution < 1.29 is 19.0 Å². The maximum atomic E-state index is 12.8. The number of ether oxygens (including phenoxy) is 3. The Morgan fingerprint density at radius 3 is 2.70 bits per heavy atom. The van der Waals surface area contributed by atoms with Gasteiger partial charge in [-0.2, -0.15) is 0 Å². The van der Waals surface area contributed by atoms with Crippen molar-refractivity contribution >= 4 is 5.78 Å². The van der Waals surface area contributed by atoms with Crippen LogP contribution >= 0.6 is 0 Å². The molecule has 30 heavy (non-hydrogen) atoms. The number of ketones is 1. The standard InChI is InChI=1S/C25H35NO4/c1-17(2)8-6-9-18(3)10-7-11-20(27)15-21-23-19(12-13-26(21)4)14-22-24(25(23)28-5)30-16-29-22/h8,10,14,21H,6-7,9,11-13,15-16H2,1-5H3/b18-10+. The van der Waals surface area contributed by atoms with Crippen LogP contribution in [-0.4, -0.2) is 38.2 Å². The normalized spacial score (nSPS) is 18.2. The molecule has 1 atom stereocenters. The monoisotopic (exact) mass is 413 g/mol. The second kappa shape index (κ2) is 10.2. The highest BCUT2D eigenvalue weighted by Gasteiger charge is 2.34. The lowest BCUT2D eigenvalue weighted by molar-refractivity contribution is -0.120. The van der Waals surface area contributed by atoms with E-state index in [4.69, 9.17) is 14.2 Å². The summed E-state index contributed by atoms with van der Waals surface area (Å²) in [6.45, 7) is 7.54. The predicted octanol–water partition coefficient (Wildman–Crippen LogP) is 5.39. The first-order chi connectivity index (χ1) is 14.4. The van der Waals surface area contributed by atoms with Gasteiger partial charge in [-0.3, -0.25) is 9.69 Å². The van der Waals surface area contributed by atoms with Gasteiger partial charge in [-0.25, -0.2) is 0 Å². The van der Waals surface area contributed by atoms with Gasteiger partial charge in [-0.05, 0) is 65.1 Å². The Morgan fingerprint density at radius 2 is 1.97 bits per heavy atom. The molecule has 1 aromatic carbocycles. The molecule has 2 aliphatic heterocycles. The maximum absolute atomic E-state index is 12.8. The van der Waals surface area contributed by atoms with E-state index in [1.807, 2.05) is 0 Å². The zero-order valence-corrected chi connectivity index (χ0v) is 19.0. The van der Waals surface area contributed by atoms with Gasteiger partial charge >= 0.3 is 0 Å². The number of hydrogen-bond acceptors (Lipinski definition) is 5. The van der Waals surface area contributed by atoms with Crippen molar-refractivity contribution in [3.05, 3.63) is 40.5 Å². The van der Waals surface area contributed by atoms with Crippen molar-refractivity contribution in [2.75, 3.05) is 27.5 Å². The number of fused-ring (bicyclic) bond motifs is 2. The van der Waals surface area contributed by atoms with Crippen LogP contribution in [0.2, 0.25) is 0 Å². The third kappa shape index (κ3) is 5.25. The zero-order chi connectivity index (χ0) is 21.7. The molecule has 164 valence electrons. The van der Waals surface area contributed by atoms with Crippen molar-refractivity contribution in [1.29, 1.82) is 0 Å². The van der Waals surface area contributed by atoms with Crippen molar-refractivity contribution in [1.82, 2.24) is 4.90 Å². The van der Waals surface area contributed by atoms with Gasteiger partial charge in [-0.1, -0.05) is 23.3 Å². The molecule has 0 aliphatic carbocycles. The molecule has 5 heteroatoms. The number of allylic oxidation sites excluding steroid dienone is 4. The first-order valence-electron chi connectivity index (χ1n) is 10.9. The van der Waals surface area contributed by atoms with Gasteiger partial charge in [0.05, 0.1) is 7.11 Å². The van der Waals surface area contributed by atoms with E-state index in [2.05, 4.69) is 50.9 Å². The summed E-state index contributed by atoms with van der Waals surface area (Å²) in [7, 11) is 3.74. The van der Waals surface area contributed by atoms with Gasteiger partial charge in [0.1, 0.15) is 5.78 Å². The summed E-state index contributed by atoms with van der Waals surface area (Å²) in [6, 6.07) is 2.07. The van der Waals surface area contributed by atoms with E-state index < -0.39 is 0 Å². The fourth-order valence-corrected chi connectivity index (χ4v) is 4.27. The maximum Gasteiger partial charge on any atom is 0.231 e. The summed E-state index contributed by atoms with van der Waals surface area (Å²) in [5, 5.41) is 0. The van der Waals surface area contributed by atoms with E-state index in [-0.39, 0.29) is 18.6 Å². The van der Waals surface area contributed by atoms with E-state index in [0.29, 0.717) is 18.6 Å². The summed E-state index contributed by atoms with van der Waals surface area (Å²) >= 11 is 0. The van der Waals surface area contributed by atoms with Crippen LogP contribution in [0, 0.1) is 0 Å². The van der Waals surface area contributed by atoms with Crippen LogP contribution in [0.4, 0.5) is 0 Å². The molecule has 2 aliphatic rings. The van der Waals surface area contributed by atoms with Gasteiger partial charge < -0.3 is 14.2 Å². The van der Waals surface area contributed by atoms with Crippen molar-refractivity contribution in [2.45, 2.75) is 65.3 Å². The van der Waals surface area contributed by atoms with Crippen LogP contribution in [0.25, 0.3) is 0 Å². The molecular formula is C25H35NO4. The van der Waals surface area contributed by atoms with Gasteiger partial charge in [0.25, 0.3) is 0 Å². The minimum Gasteiger partial charge on any atom is -0.492 e. The Bertz CT molecular complexity index is 836. The first-order valence-corrected chi connectivity index (χ1v) is 10.9. The smallest absolute Gasteiger partial charge is 0.231 e. The van der Waals surface area contributed by atoms with Crippen LogP contribution in [-0.2, 0) is 11.2 Å². The highest BCUT2D eigenvalue weighted by molar-refractivity contribution is 5.80. The lowest BCUT2D eigenvalue weighted by Gasteiger charge is -2.35. The third-order valence-corrected chi connectivity index (χ3v) is 5.98. The molecule has 0 N–H and O–H groups in total. The van der Waals surface area contributed by atoms with Crippen molar-refractivity contribution in [3.8, 4) is 17.2 Å². The van der Waals surface area contributed by atoms with Crippen LogP contribution < -0.4 is 14.2 Å². The van der Waals surface area contributed by atoms with Gasteiger partial charge in [0.2, 0.25) is 12.5 Å². The SMILES string of the molecule is COc1c2c(cc3c1C(CC(=O)CC/C=C(\C)CCC=C(C)C)N(C)CC3)OCO2. The van der Waals surface area contributed by atoms with Crippen LogP contribution in [0.1, 0.15) is 70.0 Å². The minimum absolute atomic E-state index is 0.00782. The molecule has 0 saturated carbocycles. The summed E-state index contributed by atoms with van der Waals surface area (Å²) in [5.74, 6) is 2.42. The number of methoxy groups -OCH3 is 1. The highest BCUT2D eigenvalue weighted by Crippen LogP contribution is 2.50. The van der Waals surface area contributed by atoms with Gasteiger partial charge in [0.15, 0.2) is 11.5 Å². The topological polar surface area (TPSA) is 48.0 Å². The number of carbonyl (C=O) groups is 1. The summed E-state index contributed by atoms with van der Waals surface area (Å²) < 4.78 is 16.9. The van der Waals surface area contributed by atoms with Crippen LogP contribution in [0.15, 0.2) is 29.4 Å². The number of Topliss-reactive ketones (excluding diaryl/α,β-unsaturated/α-hetero) is 1. The number of hydrogen-bond donors (Lipinski definition) is 0. The molecule has 1 unspecified atom stereocenters. The third-order valence-electron chi connectivity index (χ3n) is 5.98. The molecular weight excluding hydrogens is 378 g/mol. The number of rotatable bonds is 9. The Morgan fingerprint density at radius 1 is 1.20 bits per heavy atom. The number of nitrogens with zero attached hydrogens (tertiary/aromatic N) is 1. The Labute approximate surface area is 180 Å². The highest BCUT2D eigenvalue weighted by atomic mass is 16.7. The molecule has 0 bridgehead atoms. The zero-order valence-electron chi connectivity index (χ0n) is 19.0. The van der Waals surface area contributed by atoms with Crippen molar-refractivity contribution in [3.63, 3.8) is 0 Å². The van der Waals surface area contributed by atoms with E-state index >= 15 is 0 Å². The van der Waals surface area contributed by atoms with E-state index in [9.17, 15) is 4.79 Å². The Hall–Kier alpha value is -2.27. The van der Waals surface area contributed by atoms with Crippen molar-refractivity contribution in [2.24, 2.45) is 0 Å². The molecule has 0 radical (unpaired) electrons. The van der Waals surface area contributed by atoms with E-state index in [1.54, 1.807) is 7.11 Å². The Kier molecular flexibility index (Phi) is 7.59. The second-order valence-electron chi connectivity index (χ2n) is 8.61. The van der Waals surface area contributed by atoms with Gasteiger partial charge in [-0.15, -0.1) is 0 Å². The fraction of sp³-hybridized carbons (Fsp3) is 0.560. The number of benzene rings is 1. The largest absolute Gasteiger partial charge is 0.492 e. The average molecular weight is 414 g/mol. The van der Waals surface area contributed by atoms with Gasteiger partial charge in [0, 0.05) is 31.0 Å². The Balaban J connectivity index is 1.66. The molecule has 0 amide bonds. The molecule has 3 rings (SSSR count). The average Bonchev–Trinajstić information content (AvgIpc) is 3.16. The quantitative estimate of drug-likeness (QED) is 0.508. The lowest BCUT2D eigenvalue weighted by Crippen LogP contribution is -2.34. The number of likely N-dealkylation sites (N-methyl/N-ethyl adjacent to an activating group) is 1. The molecule has 2 heterocycles. The predicted molar refractivity (Wildman–Crippen MR) is 119 cm³/mol. The summed E-state index contributed by atoms with van der Waals surface area (Å²) in [4.78, 5) is 15.1. The lowest BCUT2D eigenvalue weighted by atomic mass is 9.88. The van der Waals surface area contributed by atoms with E-state index in [0.717, 1.165) is 49.3 Å². The second-order valence-corrected chi connectivity index (χ2v) is 8.61. The van der Waals surface area contributed by atoms with Crippen LogP contribution in [0.3, 0.4) is 0 Å². The molecule has 0 spiro atoms. The minimum atomic E-state index is 0.00782. The number of carbonyl (C=O) groups excluding carboxylic acids is 1. The molecule has 0 saturated heterocycles. The van der Waals surface area contributed by atoms with Crippen LogP contribution in [0.5, 0.6) is 17.2 Å².